The van der Waals surface area contributed by atoms with Crippen LogP contribution < -0.4 is 0 Å². The first-order valence-corrected chi connectivity index (χ1v) is 23.3. The number of hydrogen-bond donors (Lipinski definition) is 0. The predicted octanol–water partition coefficient (Wildman–Crippen LogP) is 14.6. The molecule has 6 nitrogen and oxygen atoms in total. The van der Waals surface area contributed by atoms with Gasteiger partial charge in [-0.1, -0.05) is 214 Å². The minimum absolute atomic E-state index is 0.0659. The van der Waals surface area contributed by atoms with E-state index in [-0.39, 0.29) is 31.1 Å². The fraction of sp³-hybridized carbons (Fsp3) is 0.936. The van der Waals surface area contributed by atoms with Crippen LogP contribution in [0, 0.1) is 11.8 Å². The van der Waals surface area contributed by atoms with Gasteiger partial charge < -0.3 is 14.2 Å². The number of hydrogen-bond acceptors (Lipinski definition) is 6. The van der Waals surface area contributed by atoms with Gasteiger partial charge in [0.1, 0.15) is 13.2 Å². The third-order valence-corrected chi connectivity index (χ3v) is 10.8. The van der Waals surface area contributed by atoms with Gasteiger partial charge in [-0.2, -0.15) is 0 Å². The Morgan fingerprint density at radius 3 is 1.08 bits per heavy atom. The van der Waals surface area contributed by atoms with Crippen molar-refractivity contribution in [1.82, 2.24) is 0 Å². The van der Waals surface area contributed by atoms with E-state index >= 15 is 0 Å². The molecule has 0 heterocycles. The van der Waals surface area contributed by atoms with Crippen LogP contribution in [-0.2, 0) is 28.6 Å². The van der Waals surface area contributed by atoms with Gasteiger partial charge in [0.25, 0.3) is 0 Å². The van der Waals surface area contributed by atoms with Crippen LogP contribution in [-0.4, -0.2) is 37.2 Å². The van der Waals surface area contributed by atoms with E-state index in [1.165, 1.54) is 141 Å². The second-order valence-corrected chi connectivity index (χ2v) is 16.8. The van der Waals surface area contributed by atoms with Gasteiger partial charge in [-0.25, -0.2) is 0 Å². The monoisotopic (exact) mass is 751 g/mol. The van der Waals surface area contributed by atoms with Crippen molar-refractivity contribution in [2.75, 3.05) is 13.2 Å². The molecule has 0 spiro atoms. The van der Waals surface area contributed by atoms with Gasteiger partial charge in [-0.15, -0.1) is 0 Å². The quantitative estimate of drug-likeness (QED) is 0.0352. The number of rotatable bonds is 41. The maximum Gasteiger partial charge on any atom is 0.306 e. The lowest BCUT2D eigenvalue weighted by atomic mass is 10.00. The Kier molecular flexibility index (Phi) is 38.9. The summed E-state index contributed by atoms with van der Waals surface area (Å²) in [6.45, 7) is 11.3. The number of carbonyl (C=O) groups is 3. The third-order valence-electron chi connectivity index (χ3n) is 10.8. The first-order chi connectivity index (χ1) is 25.8. The fourth-order valence-corrected chi connectivity index (χ4v) is 6.90. The zero-order valence-corrected chi connectivity index (χ0v) is 36.1. The number of unbranched alkanes of at least 4 members (excludes halogenated alkanes) is 25. The summed E-state index contributed by atoms with van der Waals surface area (Å²) in [6, 6.07) is 0. The van der Waals surface area contributed by atoms with Crippen molar-refractivity contribution < 1.29 is 28.6 Å². The third kappa shape index (κ3) is 39.9. The SMILES string of the molecule is CCCCCCCCCCCCCCCCCC(=O)OC[C@H](COC(=O)CCCCCCCCCC(C)C)OC(=O)CCCCCCCCC(C)CC. The molecule has 0 rings (SSSR count). The lowest BCUT2D eigenvalue weighted by molar-refractivity contribution is -0.167. The zero-order valence-electron chi connectivity index (χ0n) is 36.1. The Bertz CT molecular complexity index is 811. The highest BCUT2D eigenvalue weighted by atomic mass is 16.6. The van der Waals surface area contributed by atoms with Gasteiger partial charge in [-0.3, -0.25) is 14.4 Å². The maximum absolute atomic E-state index is 12.7. The Hall–Kier alpha value is -1.59. The van der Waals surface area contributed by atoms with Crippen LogP contribution in [0.15, 0.2) is 0 Å². The van der Waals surface area contributed by atoms with Gasteiger partial charge in [0.2, 0.25) is 0 Å². The Balaban J connectivity index is 4.30. The molecule has 0 bridgehead atoms. The molecule has 0 radical (unpaired) electrons. The van der Waals surface area contributed by atoms with Crippen LogP contribution in [0.4, 0.5) is 0 Å². The van der Waals surface area contributed by atoms with Crippen molar-refractivity contribution in [3.8, 4) is 0 Å². The van der Waals surface area contributed by atoms with E-state index < -0.39 is 6.10 Å². The summed E-state index contributed by atoms with van der Waals surface area (Å²) in [5, 5.41) is 0. The standard InChI is InChI=1S/C47H90O6/c1-6-8-9-10-11-12-13-14-15-16-17-18-21-27-32-37-45(48)51-40-44(53-47(50)39-34-29-24-23-26-31-36-43(5)7-2)41-52-46(49)38-33-28-22-19-20-25-30-35-42(3)4/h42-44H,6-41H2,1-5H3/t43?,44-/m1/s1. The molecule has 2 atom stereocenters. The van der Waals surface area contributed by atoms with Crippen LogP contribution in [0.3, 0.4) is 0 Å². The molecule has 314 valence electrons. The van der Waals surface area contributed by atoms with Crippen LogP contribution in [0.2, 0.25) is 0 Å². The molecule has 0 saturated carbocycles. The fourth-order valence-electron chi connectivity index (χ4n) is 6.90. The second-order valence-electron chi connectivity index (χ2n) is 16.8. The molecule has 0 aliphatic heterocycles. The van der Waals surface area contributed by atoms with E-state index in [2.05, 4.69) is 34.6 Å². The Morgan fingerprint density at radius 2 is 0.717 bits per heavy atom. The molecule has 0 amide bonds. The first kappa shape index (κ1) is 51.4. The Labute approximate surface area is 329 Å². The van der Waals surface area contributed by atoms with Gasteiger partial charge in [0, 0.05) is 19.3 Å². The lowest BCUT2D eigenvalue weighted by Crippen LogP contribution is -2.30. The lowest BCUT2D eigenvalue weighted by Gasteiger charge is -2.18. The minimum Gasteiger partial charge on any atom is -0.462 e. The largest absolute Gasteiger partial charge is 0.462 e. The summed E-state index contributed by atoms with van der Waals surface area (Å²) in [5.41, 5.74) is 0. The summed E-state index contributed by atoms with van der Waals surface area (Å²) in [5.74, 6) is 0.729. The van der Waals surface area contributed by atoms with E-state index in [1.54, 1.807) is 0 Å². The van der Waals surface area contributed by atoms with E-state index in [1.807, 2.05) is 0 Å². The average molecular weight is 751 g/mol. The van der Waals surface area contributed by atoms with Crippen LogP contribution in [0.5, 0.6) is 0 Å². The molecular weight excluding hydrogens is 661 g/mol. The van der Waals surface area contributed by atoms with Crippen LogP contribution in [0.25, 0.3) is 0 Å². The summed E-state index contributed by atoms with van der Waals surface area (Å²) in [7, 11) is 0. The molecule has 6 heteroatoms. The van der Waals surface area contributed by atoms with Crippen LogP contribution >= 0.6 is 0 Å². The maximum atomic E-state index is 12.7. The van der Waals surface area contributed by atoms with E-state index in [0.717, 1.165) is 69.6 Å². The summed E-state index contributed by atoms with van der Waals surface area (Å²) in [4.78, 5) is 37.7. The topological polar surface area (TPSA) is 78.9 Å². The molecule has 0 aromatic carbocycles. The van der Waals surface area contributed by atoms with Crippen LogP contribution in [0.1, 0.15) is 253 Å². The molecule has 0 aliphatic carbocycles. The highest BCUT2D eigenvalue weighted by Gasteiger charge is 2.19. The molecule has 0 fully saturated rings. The van der Waals surface area contributed by atoms with E-state index in [0.29, 0.717) is 19.3 Å². The molecule has 0 aromatic rings. The summed E-state index contributed by atoms with van der Waals surface area (Å²) >= 11 is 0. The van der Waals surface area contributed by atoms with Gasteiger partial charge in [0.15, 0.2) is 6.10 Å². The highest BCUT2D eigenvalue weighted by Crippen LogP contribution is 2.17. The Morgan fingerprint density at radius 1 is 0.396 bits per heavy atom. The molecule has 0 aromatic heterocycles. The van der Waals surface area contributed by atoms with Crippen molar-refractivity contribution in [3.05, 3.63) is 0 Å². The van der Waals surface area contributed by atoms with E-state index in [9.17, 15) is 14.4 Å². The minimum atomic E-state index is -0.761. The van der Waals surface area contributed by atoms with Crippen molar-refractivity contribution in [1.29, 1.82) is 0 Å². The summed E-state index contributed by atoms with van der Waals surface area (Å²) < 4.78 is 16.7. The highest BCUT2D eigenvalue weighted by molar-refractivity contribution is 5.71. The van der Waals surface area contributed by atoms with Crippen molar-refractivity contribution >= 4 is 17.9 Å². The molecule has 1 unspecified atom stereocenters. The molecular formula is C47H90O6. The molecule has 0 saturated heterocycles. The average Bonchev–Trinajstić information content (AvgIpc) is 3.14. The first-order valence-electron chi connectivity index (χ1n) is 23.3. The van der Waals surface area contributed by atoms with Crippen molar-refractivity contribution in [2.24, 2.45) is 11.8 Å². The van der Waals surface area contributed by atoms with Crippen molar-refractivity contribution in [2.45, 2.75) is 259 Å². The van der Waals surface area contributed by atoms with Gasteiger partial charge in [-0.05, 0) is 31.1 Å². The normalized spacial score (nSPS) is 12.6. The number of esters is 3. The number of carbonyl (C=O) groups excluding carboxylic acids is 3. The molecule has 0 aliphatic rings. The number of ether oxygens (including phenoxy) is 3. The second kappa shape index (κ2) is 40.1. The zero-order chi connectivity index (χ0) is 39.0. The van der Waals surface area contributed by atoms with E-state index in [4.69, 9.17) is 14.2 Å². The molecule has 0 N–H and O–H groups in total. The molecule has 53 heavy (non-hydrogen) atoms. The van der Waals surface area contributed by atoms with Gasteiger partial charge >= 0.3 is 17.9 Å². The smallest absolute Gasteiger partial charge is 0.306 e. The predicted molar refractivity (Wildman–Crippen MR) is 224 cm³/mol. The van der Waals surface area contributed by atoms with Crippen molar-refractivity contribution in [3.63, 3.8) is 0 Å². The van der Waals surface area contributed by atoms with Gasteiger partial charge in [0.05, 0.1) is 0 Å². The summed E-state index contributed by atoms with van der Waals surface area (Å²) in [6.07, 6.45) is 38.1.